The van der Waals surface area contributed by atoms with Crippen LogP contribution in [0.25, 0.3) is 0 Å². The van der Waals surface area contributed by atoms with Crippen LogP contribution in [0, 0.1) is 0 Å². The van der Waals surface area contributed by atoms with Crippen molar-refractivity contribution in [2.75, 3.05) is 18.5 Å². The number of anilines is 1. The molecular formula is C9H9Br2F3N2. The molecule has 0 aliphatic rings. The first-order chi connectivity index (χ1) is 7.29. The van der Waals surface area contributed by atoms with E-state index in [0.717, 1.165) is 4.47 Å². The van der Waals surface area contributed by atoms with Gasteiger partial charge in [-0.25, -0.2) is 4.98 Å². The van der Waals surface area contributed by atoms with E-state index in [4.69, 9.17) is 0 Å². The lowest BCUT2D eigenvalue weighted by molar-refractivity contribution is -0.132. The monoisotopic (exact) mass is 360 g/mol. The Balaban J connectivity index is 2.70. The van der Waals surface area contributed by atoms with E-state index in [2.05, 4.69) is 36.8 Å². The van der Waals surface area contributed by atoms with Crippen molar-refractivity contribution < 1.29 is 13.2 Å². The van der Waals surface area contributed by atoms with Crippen LogP contribution in [0.4, 0.5) is 19.0 Å². The molecule has 0 N–H and O–H groups in total. The molecule has 0 fully saturated rings. The highest BCUT2D eigenvalue weighted by molar-refractivity contribution is 9.11. The van der Waals surface area contributed by atoms with E-state index in [1.54, 1.807) is 19.3 Å². The van der Waals surface area contributed by atoms with Gasteiger partial charge in [-0.2, -0.15) is 13.2 Å². The Morgan fingerprint density at radius 1 is 1.38 bits per heavy atom. The predicted octanol–water partition coefficient (Wildman–Crippen LogP) is 4.00. The lowest BCUT2D eigenvalue weighted by Gasteiger charge is -2.20. The molecular weight excluding hydrogens is 353 g/mol. The van der Waals surface area contributed by atoms with Crippen molar-refractivity contribution in [3.05, 3.63) is 21.2 Å². The normalized spacial score (nSPS) is 11.6. The van der Waals surface area contributed by atoms with Crippen LogP contribution < -0.4 is 4.90 Å². The van der Waals surface area contributed by atoms with Gasteiger partial charge in [0, 0.05) is 24.3 Å². The Morgan fingerprint density at radius 2 is 2.00 bits per heavy atom. The zero-order valence-corrected chi connectivity index (χ0v) is 11.5. The fourth-order valence-corrected chi connectivity index (χ4v) is 2.38. The summed E-state index contributed by atoms with van der Waals surface area (Å²) in [5.74, 6) is 0.493. The second-order valence-corrected chi connectivity index (χ2v) is 5.02. The molecule has 90 valence electrons. The third-order valence-electron chi connectivity index (χ3n) is 1.88. The summed E-state index contributed by atoms with van der Waals surface area (Å²) < 4.78 is 37.5. The summed E-state index contributed by atoms with van der Waals surface area (Å²) in [6.45, 7) is -0.114. The molecule has 7 heteroatoms. The van der Waals surface area contributed by atoms with Gasteiger partial charge in [-0.05, 0) is 37.9 Å². The summed E-state index contributed by atoms with van der Waals surface area (Å²) in [4.78, 5) is 5.51. The SMILES string of the molecule is CN(CCC(F)(F)F)c1ncc(Br)cc1Br. The van der Waals surface area contributed by atoms with E-state index >= 15 is 0 Å². The second-order valence-electron chi connectivity index (χ2n) is 3.25. The number of pyridine rings is 1. The zero-order chi connectivity index (χ0) is 12.3. The standard InChI is InChI=1S/C9H9Br2F3N2/c1-16(3-2-9(12,13)14)8-7(11)4-6(10)5-15-8/h4-5H,2-3H2,1H3. The van der Waals surface area contributed by atoms with Gasteiger partial charge >= 0.3 is 6.18 Å². The fourth-order valence-electron chi connectivity index (χ4n) is 1.09. The van der Waals surface area contributed by atoms with Gasteiger partial charge in [-0.3, -0.25) is 0 Å². The summed E-state index contributed by atoms with van der Waals surface area (Å²) in [6, 6.07) is 1.74. The maximum Gasteiger partial charge on any atom is 0.390 e. The third kappa shape index (κ3) is 4.29. The molecule has 0 atom stereocenters. The van der Waals surface area contributed by atoms with Gasteiger partial charge in [0.2, 0.25) is 0 Å². The Bertz CT molecular complexity index is 368. The van der Waals surface area contributed by atoms with E-state index in [0.29, 0.717) is 10.3 Å². The van der Waals surface area contributed by atoms with Crippen LogP contribution in [0.15, 0.2) is 21.2 Å². The van der Waals surface area contributed by atoms with Crippen molar-refractivity contribution in [3.8, 4) is 0 Å². The molecule has 0 bridgehead atoms. The summed E-state index contributed by atoms with van der Waals surface area (Å²) >= 11 is 6.48. The Hall–Kier alpha value is -0.300. The molecule has 0 amide bonds. The first-order valence-electron chi connectivity index (χ1n) is 4.38. The molecule has 0 aliphatic heterocycles. The molecule has 1 heterocycles. The van der Waals surface area contributed by atoms with Crippen LogP contribution in [0.5, 0.6) is 0 Å². The average Bonchev–Trinajstić information content (AvgIpc) is 2.13. The van der Waals surface area contributed by atoms with Crippen LogP contribution in [0.2, 0.25) is 0 Å². The summed E-state index contributed by atoms with van der Waals surface area (Å²) in [6.07, 6.45) is -3.45. The molecule has 2 nitrogen and oxygen atoms in total. The first kappa shape index (κ1) is 13.8. The van der Waals surface area contributed by atoms with Crippen LogP contribution in [0.3, 0.4) is 0 Å². The highest BCUT2D eigenvalue weighted by Gasteiger charge is 2.27. The fraction of sp³-hybridized carbons (Fsp3) is 0.444. The van der Waals surface area contributed by atoms with Crippen LogP contribution in [-0.4, -0.2) is 24.8 Å². The summed E-state index contributed by atoms with van der Waals surface area (Å²) in [7, 11) is 1.58. The molecule has 1 aromatic rings. The number of rotatable bonds is 3. The number of hydrogen-bond donors (Lipinski definition) is 0. The molecule has 16 heavy (non-hydrogen) atoms. The Kier molecular flexibility index (Phi) is 4.61. The molecule has 0 spiro atoms. The van der Waals surface area contributed by atoms with Crippen LogP contribution in [-0.2, 0) is 0 Å². The van der Waals surface area contributed by atoms with Crippen LogP contribution >= 0.6 is 31.9 Å². The van der Waals surface area contributed by atoms with E-state index in [1.165, 1.54) is 4.90 Å². The van der Waals surface area contributed by atoms with Crippen molar-refractivity contribution in [2.45, 2.75) is 12.6 Å². The van der Waals surface area contributed by atoms with Gasteiger partial charge in [-0.15, -0.1) is 0 Å². The van der Waals surface area contributed by atoms with E-state index in [-0.39, 0.29) is 6.54 Å². The molecule has 0 saturated carbocycles. The van der Waals surface area contributed by atoms with Crippen molar-refractivity contribution >= 4 is 37.7 Å². The van der Waals surface area contributed by atoms with Crippen molar-refractivity contribution in [2.24, 2.45) is 0 Å². The average molecular weight is 362 g/mol. The summed E-state index contributed by atoms with van der Waals surface area (Å²) in [5.41, 5.74) is 0. The maximum absolute atomic E-state index is 12.0. The van der Waals surface area contributed by atoms with Gasteiger partial charge in [-0.1, -0.05) is 0 Å². The minimum Gasteiger partial charge on any atom is -0.358 e. The van der Waals surface area contributed by atoms with Gasteiger partial charge < -0.3 is 4.90 Å². The van der Waals surface area contributed by atoms with Crippen molar-refractivity contribution in [1.82, 2.24) is 4.98 Å². The van der Waals surface area contributed by atoms with Gasteiger partial charge in [0.1, 0.15) is 5.82 Å². The molecule has 1 aromatic heterocycles. The highest BCUT2D eigenvalue weighted by atomic mass is 79.9. The maximum atomic E-state index is 12.0. The molecule has 0 aromatic carbocycles. The predicted molar refractivity (Wildman–Crippen MR) is 63.6 cm³/mol. The summed E-state index contributed by atoms with van der Waals surface area (Å²) in [5, 5.41) is 0. The van der Waals surface area contributed by atoms with Gasteiger partial charge in [0.05, 0.1) is 10.9 Å². The molecule has 0 unspecified atom stereocenters. The lowest BCUT2D eigenvalue weighted by atomic mass is 10.3. The van der Waals surface area contributed by atoms with Gasteiger partial charge in [0.15, 0.2) is 0 Å². The second kappa shape index (κ2) is 5.35. The first-order valence-corrected chi connectivity index (χ1v) is 5.97. The van der Waals surface area contributed by atoms with E-state index in [9.17, 15) is 13.2 Å². The Labute approximate surface area is 108 Å². The highest BCUT2D eigenvalue weighted by Crippen LogP contribution is 2.27. The van der Waals surface area contributed by atoms with Gasteiger partial charge in [0.25, 0.3) is 0 Å². The largest absolute Gasteiger partial charge is 0.390 e. The Morgan fingerprint density at radius 3 is 2.50 bits per heavy atom. The van der Waals surface area contributed by atoms with Crippen molar-refractivity contribution in [1.29, 1.82) is 0 Å². The van der Waals surface area contributed by atoms with E-state index < -0.39 is 12.6 Å². The third-order valence-corrected chi connectivity index (χ3v) is 2.90. The number of aromatic nitrogens is 1. The quantitative estimate of drug-likeness (QED) is 0.809. The number of hydrogen-bond acceptors (Lipinski definition) is 2. The van der Waals surface area contributed by atoms with E-state index in [1.807, 2.05) is 0 Å². The number of nitrogens with zero attached hydrogens (tertiary/aromatic N) is 2. The molecule has 1 rings (SSSR count). The molecule has 0 saturated heterocycles. The number of halogens is 5. The molecule has 0 radical (unpaired) electrons. The minimum absolute atomic E-state index is 0.114. The van der Waals surface area contributed by atoms with Crippen LogP contribution in [0.1, 0.15) is 6.42 Å². The molecule has 0 aliphatic carbocycles. The number of alkyl halides is 3. The van der Waals surface area contributed by atoms with Crippen molar-refractivity contribution in [3.63, 3.8) is 0 Å². The topological polar surface area (TPSA) is 16.1 Å². The lowest BCUT2D eigenvalue weighted by Crippen LogP contribution is -2.25. The zero-order valence-electron chi connectivity index (χ0n) is 8.35. The smallest absolute Gasteiger partial charge is 0.358 e. The minimum atomic E-state index is -4.14.